The van der Waals surface area contributed by atoms with E-state index < -0.39 is 0 Å². The fraction of sp³-hybridized carbons (Fsp3) is 0.280. The van der Waals surface area contributed by atoms with Gasteiger partial charge in [0.05, 0.1) is 6.04 Å². The van der Waals surface area contributed by atoms with E-state index in [1.165, 1.54) is 16.0 Å². The van der Waals surface area contributed by atoms with Crippen molar-refractivity contribution in [2.45, 2.75) is 26.3 Å². The first-order valence-corrected chi connectivity index (χ1v) is 11.2. The molecule has 5 heteroatoms. The molecular weight excluding hydrogens is 392 g/mol. The Morgan fingerprint density at radius 3 is 2.50 bits per heavy atom. The van der Waals surface area contributed by atoms with Gasteiger partial charge in [0.25, 0.3) is 5.91 Å². The zero-order valence-electron chi connectivity index (χ0n) is 17.4. The van der Waals surface area contributed by atoms with Gasteiger partial charge in [0.1, 0.15) is 6.54 Å². The maximum Gasteiger partial charge on any atom is 0.254 e. The summed E-state index contributed by atoms with van der Waals surface area (Å²) in [6.45, 7) is 5.26. The van der Waals surface area contributed by atoms with Crippen molar-refractivity contribution in [3.05, 3.63) is 93.2 Å². The number of nitrogens with zero attached hydrogens (tertiary/aromatic N) is 2. The molecule has 1 unspecified atom stereocenters. The molecule has 1 aromatic heterocycles. The van der Waals surface area contributed by atoms with E-state index >= 15 is 0 Å². The molecule has 30 heavy (non-hydrogen) atoms. The Morgan fingerprint density at radius 1 is 1.03 bits per heavy atom. The van der Waals surface area contributed by atoms with Crippen LogP contribution in [0.5, 0.6) is 0 Å². The van der Waals surface area contributed by atoms with Gasteiger partial charge >= 0.3 is 0 Å². The average Bonchev–Trinajstić information content (AvgIpc) is 3.26. The molecule has 0 N–H and O–H groups in total. The SMILES string of the molecule is CCN(CC(=O)N1CCc2sccc2C1c1ccccc1C)C(=O)c1ccccc1. The van der Waals surface area contributed by atoms with E-state index in [9.17, 15) is 9.59 Å². The highest BCUT2D eigenvalue weighted by atomic mass is 32.1. The van der Waals surface area contributed by atoms with Crippen molar-refractivity contribution in [1.82, 2.24) is 9.80 Å². The van der Waals surface area contributed by atoms with Crippen LogP contribution in [0.4, 0.5) is 0 Å². The maximum absolute atomic E-state index is 13.5. The van der Waals surface area contributed by atoms with Crippen LogP contribution in [0.25, 0.3) is 0 Å². The molecule has 0 bridgehead atoms. The highest BCUT2D eigenvalue weighted by molar-refractivity contribution is 7.10. The van der Waals surface area contributed by atoms with Crippen LogP contribution < -0.4 is 0 Å². The topological polar surface area (TPSA) is 40.6 Å². The molecule has 154 valence electrons. The third-order valence-electron chi connectivity index (χ3n) is 5.79. The number of benzene rings is 2. The third-order valence-corrected chi connectivity index (χ3v) is 6.78. The molecule has 4 nitrogen and oxygen atoms in total. The summed E-state index contributed by atoms with van der Waals surface area (Å²) >= 11 is 1.76. The molecule has 0 fully saturated rings. The fourth-order valence-electron chi connectivity index (χ4n) is 4.16. The Kier molecular flexibility index (Phi) is 6.00. The molecule has 3 aromatic rings. The van der Waals surface area contributed by atoms with Crippen molar-refractivity contribution in [3.63, 3.8) is 0 Å². The molecule has 2 heterocycles. The van der Waals surface area contributed by atoms with E-state index in [-0.39, 0.29) is 24.4 Å². The largest absolute Gasteiger partial charge is 0.330 e. The number of fused-ring (bicyclic) bond motifs is 1. The van der Waals surface area contributed by atoms with Crippen LogP contribution in [0.1, 0.15) is 44.9 Å². The Hall–Kier alpha value is -2.92. The van der Waals surface area contributed by atoms with Crippen LogP contribution in [0.15, 0.2) is 66.0 Å². The first-order chi connectivity index (χ1) is 14.6. The van der Waals surface area contributed by atoms with Gasteiger partial charge in [0, 0.05) is 23.5 Å². The van der Waals surface area contributed by atoms with Crippen molar-refractivity contribution in [3.8, 4) is 0 Å². The molecule has 4 rings (SSSR count). The third kappa shape index (κ3) is 3.90. The molecule has 1 atom stereocenters. The summed E-state index contributed by atoms with van der Waals surface area (Å²) < 4.78 is 0. The van der Waals surface area contributed by atoms with E-state index in [0.29, 0.717) is 18.7 Å². The highest BCUT2D eigenvalue weighted by Gasteiger charge is 2.34. The molecule has 1 aliphatic rings. The minimum absolute atomic E-state index is 0.00812. The number of aryl methyl sites for hydroxylation is 1. The van der Waals surface area contributed by atoms with Gasteiger partial charge in [-0.1, -0.05) is 42.5 Å². The number of carbonyl (C=O) groups excluding carboxylic acids is 2. The van der Waals surface area contributed by atoms with E-state index in [1.54, 1.807) is 28.4 Å². The first-order valence-electron chi connectivity index (χ1n) is 10.4. The van der Waals surface area contributed by atoms with Crippen LogP contribution in [0.3, 0.4) is 0 Å². The first kappa shape index (κ1) is 20.4. The molecule has 0 saturated heterocycles. The lowest BCUT2D eigenvalue weighted by atomic mass is 9.90. The van der Waals surface area contributed by atoms with Crippen molar-refractivity contribution < 1.29 is 9.59 Å². The lowest BCUT2D eigenvalue weighted by Crippen LogP contribution is -2.46. The van der Waals surface area contributed by atoms with Gasteiger partial charge < -0.3 is 9.80 Å². The molecule has 2 amide bonds. The van der Waals surface area contributed by atoms with Gasteiger partial charge in [-0.3, -0.25) is 9.59 Å². The molecule has 1 aliphatic heterocycles. The van der Waals surface area contributed by atoms with Crippen molar-refractivity contribution in [2.24, 2.45) is 0 Å². The number of thiophene rings is 1. The van der Waals surface area contributed by atoms with Gasteiger partial charge in [0.2, 0.25) is 5.91 Å². The van der Waals surface area contributed by atoms with Crippen LogP contribution in [-0.4, -0.2) is 41.2 Å². The van der Waals surface area contributed by atoms with E-state index in [4.69, 9.17) is 0 Å². The summed E-state index contributed by atoms with van der Waals surface area (Å²) in [6.07, 6.45) is 0.861. The standard InChI is InChI=1S/C25H26N2O2S/c1-3-26(25(29)19-10-5-4-6-11-19)17-23(28)27-15-13-22-21(14-16-30-22)24(27)20-12-8-7-9-18(20)2/h4-12,14,16,24H,3,13,15,17H2,1-2H3. The monoisotopic (exact) mass is 418 g/mol. The van der Waals surface area contributed by atoms with E-state index in [2.05, 4.69) is 30.5 Å². The lowest BCUT2D eigenvalue weighted by Gasteiger charge is -2.38. The zero-order chi connectivity index (χ0) is 21.1. The van der Waals surface area contributed by atoms with E-state index in [0.717, 1.165) is 12.0 Å². The second-order valence-electron chi connectivity index (χ2n) is 7.58. The molecule has 2 aromatic carbocycles. The number of hydrogen-bond acceptors (Lipinski definition) is 3. The lowest BCUT2D eigenvalue weighted by molar-refractivity contribution is -0.134. The Balaban J connectivity index is 1.62. The predicted octanol–water partition coefficient (Wildman–Crippen LogP) is 4.69. The Morgan fingerprint density at radius 2 is 1.77 bits per heavy atom. The van der Waals surface area contributed by atoms with Gasteiger partial charge in [-0.05, 0) is 60.5 Å². The second kappa shape index (κ2) is 8.84. The van der Waals surface area contributed by atoms with Gasteiger partial charge in [-0.25, -0.2) is 0 Å². The van der Waals surface area contributed by atoms with Crippen LogP contribution in [0, 0.1) is 6.92 Å². The summed E-state index contributed by atoms with van der Waals surface area (Å²) in [6, 6.07) is 19.5. The van der Waals surface area contributed by atoms with E-state index in [1.807, 2.05) is 42.2 Å². The summed E-state index contributed by atoms with van der Waals surface area (Å²) in [5, 5.41) is 2.11. The zero-order valence-corrected chi connectivity index (χ0v) is 18.2. The fourth-order valence-corrected chi connectivity index (χ4v) is 5.06. The quantitative estimate of drug-likeness (QED) is 0.603. The van der Waals surface area contributed by atoms with Crippen LogP contribution in [-0.2, 0) is 11.2 Å². The van der Waals surface area contributed by atoms with Crippen LogP contribution in [0.2, 0.25) is 0 Å². The number of likely N-dealkylation sites (N-methyl/N-ethyl adjacent to an activating group) is 1. The second-order valence-corrected chi connectivity index (χ2v) is 8.58. The van der Waals surface area contributed by atoms with Gasteiger partial charge in [-0.2, -0.15) is 0 Å². The summed E-state index contributed by atoms with van der Waals surface area (Å²) in [5.74, 6) is -0.113. The Labute approximate surface area is 181 Å². The Bertz CT molecular complexity index is 1040. The normalized spacial score (nSPS) is 15.5. The predicted molar refractivity (Wildman–Crippen MR) is 121 cm³/mol. The molecule has 0 spiro atoms. The van der Waals surface area contributed by atoms with Crippen molar-refractivity contribution >= 4 is 23.2 Å². The average molecular weight is 419 g/mol. The number of rotatable bonds is 5. The minimum atomic E-state index is -0.105. The van der Waals surface area contributed by atoms with Crippen molar-refractivity contribution in [1.29, 1.82) is 0 Å². The molecular formula is C25H26N2O2S. The number of carbonyl (C=O) groups is 2. The highest BCUT2D eigenvalue weighted by Crippen LogP contribution is 2.39. The molecule has 0 radical (unpaired) electrons. The van der Waals surface area contributed by atoms with Crippen LogP contribution >= 0.6 is 11.3 Å². The summed E-state index contributed by atoms with van der Waals surface area (Å²) in [7, 11) is 0. The van der Waals surface area contributed by atoms with Gasteiger partial charge in [0.15, 0.2) is 0 Å². The molecule has 0 aliphatic carbocycles. The summed E-state index contributed by atoms with van der Waals surface area (Å²) in [5.41, 5.74) is 4.15. The smallest absolute Gasteiger partial charge is 0.254 e. The van der Waals surface area contributed by atoms with Gasteiger partial charge in [-0.15, -0.1) is 11.3 Å². The summed E-state index contributed by atoms with van der Waals surface area (Å²) in [4.78, 5) is 31.3. The minimum Gasteiger partial charge on any atom is -0.330 e. The number of hydrogen-bond donors (Lipinski definition) is 0. The molecule has 0 saturated carbocycles. The van der Waals surface area contributed by atoms with Crippen molar-refractivity contribution in [2.75, 3.05) is 19.6 Å². The maximum atomic E-state index is 13.5. The number of amides is 2.